The molecule has 3 nitrogen and oxygen atoms in total. The number of hydrogen-bond acceptors (Lipinski definition) is 3. The summed E-state index contributed by atoms with van der Waals surface area (Å²) in [6, 6.07) is 13.4. The van der Waals surface area contributed by atoms with Gasteiger partial charge in [0.1, 0.15) is 5.75 Å². The minimum atomic E-state index is 0.0682. The Morgan fingerprint density at radius 1 is 0.923 bits per heavy atom. The van der Waals surface area contributed by atoms with Crippen LogP contribution in [0.15, 0.2) is 42.5 Å². The zero-order valence-corrected chi connectivity index (χ0v) is 16.5. The lowest BCUT2D eigenvalue weighted by atomic mass is 9.96. The van der Waals surface area contributed by atoms with Crippen LogP contribution in [0.4, 0.5) is 0 Å². The van der Waals surface area contributed by atoms with Gasteiger partial charge in [0.15, 0.2) is 5.78 Å². The van der Waals surface area contributed by atoms with E-state index in [2.05, 4.69) is 19.0 Å². The molecule has 0 unspecified atom stereocenters. The van der Waals surface area contributed by atoms with Crippen LogP contribution in [-0.4, -0.2) is 37.9 Å². The lowest BCUT2D eigenvalue weighted by Gasteiger charge is -2.10. The standard InChI is InChI=1S/C23H31NO2/c1-18-10-9-11-22(19(18)2)23(25)20-12-14-21(15-13-20)26-17-8-6-5-7-16-24(3)4/h9-15H,5-8,16-17H2,1-4H3. The molecule has 0 spiro atoms. The van der Waals surface area contributed by atoms with Crippen molar-refractivity contribution in [3.05, 3.63) is 64.7 Å². The SMILES string of the molecule is Cc1cccc(C(=O)c2ccc(OCCCCCCN(C)C)cc2)c1C. The lowest BCUT2D eigenvalue weighted by molar-refractivity contribution is 0.103. The number of ether oxygens (including phenoxy) is 1. The normalized spacial score (nSPS) is 11.0. The summed E-state index contributed by atoms with van der Waals surface area (Å²) in [6.07, 6.45) is 4.74. The van der Waals surface area contributed by atoms with Gasteiger partial charge in [-0.05, 0) is 82.7 Å². The summed E-state index contributed by atoms with van der Waals surface area (Å²) in [5, 5.41) is 0. The Bertz CT molecular complexity index is 705. The number of unbranched alkanes of at least 4 members (excludes halogenated alkanes) is 3. The Morgan fingerprint density at radius 2 is 1.62 bits per heavy atom. The van der Waals surface area contributed by atoms with Crippen LogP contribution < -0.4 is 4.74 Å². The number of benzene rings is 2. The Kier molecular flexibility index (Phi) is 7.86. The molecule has 3 heteroatoms. The molecule has 0 bridgehead atoms. The van der Waals surface area contributed by atoms with Crippen molar-refractivity contribution in [2.75, 3.05) is 27.2 Å². The Morgan fingerprint density at radius 3 is 2.31 bits per heavy atom. The van der Waals surface area contributed by atoms with Gasteiger partial charge in [0.25, 0.3) is 0 Å². The van der Waals surface area contributed by atoms with Crippen molar-refractivity contribution in [2.45, 2.75) is 39.5 Å². The predicted octanol–water partition coefficient (Wildman–Crippen LogP) is 5.04. The average molecular weight is 354 g/mol. The molecule has 0 saturated heterocycles. The largest absolute Gasteiger partial charge is 0.494 e. The average Bonchev–Trinajstić information content (AvgIpc) is 2.63. The topological polar surface area (TPSA) is 29.5 Å². The van der Waals surface area contributed by atoms with Crippen molar-refractivity contribution in [3.8, 4) is 5.75 Å². The van der Waals surface area contributed by atoms with Crippen LogP contribution in [-0.2, 0) is 0 Å². The summed E-state index contributed by atoms with van der Waals surface area (Å²) >= 11 is 0. The van der Waals surface area contributed by atoms with Gasteiger partial charge in [-0.3, -0.25) is 4.79 Å². The first kappa shape index (κ1) is 20.2. The maximum absolute atomic E-state index is 12.7. The molecule has 0 aliphatic heterocycles. The molecule has 140 valence electrons. The van der Waals surface area contributed by atoms with Gasteiger partial charge in [-0.15, -0.1) is 0 Å². The number of rotatable bonds is 10. The second kappa shape index (κ2) is 10.1. The van der Waals surface area contributed by atoms with Gasteiger partial charge < -0.3 is 9.64 Å². The number of nitrogens with zero attached hydrogens (tertiary/aromatic N) is 1. The molecule has 0 amide bonds. The molecule has 0 aliphatic carbocycles. The number of carbonyl (C=O) groups excluding carboxylic acids is 1. The number of hydrogen-bond donors (Lipinski definition) is 0. The summed E-state index contributed by atoms with van der Waals surface area (Å²) in [6.45, 7) is 5.91. The van der Waals surface area contributed by atoms with Crippen LogP contribution in [0.25, 0.3) is 0 Å². The van der Waals surface area contributed by atoms with E-state index in [0.717, 1.165) is 42.0 Å². The van der Waals surface area contributed by atoms with Crippen molar-refractivity contribution in [3.63, 3.8) is 0 Å². The predicted molar refractivity (Wildman–Crippen MR) is 108 cm³/mol. The smallest absolute Gasteiger partial charge is 0.193 e. The van der Waals surface area contributed by atoms with Crippen LogP contribution >= 0.6 is 0 Å². The molecule has 0 saturated carbocycles. The highest BCUT2D eigenvalue weighted by Gasteiger charge is 2.12. The van der Waals surface area contributed by atoms with Gasteiger partial charge in [0.2, 0.25) is 0 Å². The monoisotopic (exact) mass is 353 g/mol. The third-order valence-electron chi connectivity index (χ3n) is 4.73. The van der Waals surface area contributed by atoms with Gasteiger partial charge in [-0.2, -0.15) is 0 Å². The highest BCUT2D eigenvalue weighted by molar-refractivity contribution is 6.10. The van der Waals surface area contributed by atoms with Crippen molar-refractivity contribution < 1.29 is 9.53 Å². The summed E-state index contributed by atoms with van der Waals surface area (Å²) in [5.74, 6) is 0.898. The molecule has 0 aliphatic rings. The van der Waals surface area contributed by atoms with Crippen LogP contribution in [0.2, 0.25) is 0 Å². The van der Waals surface area contributed by atoms with Gasteiger partial charge in [-0.25, -0.2) is 0 Å². The maximum atomic E-state index is 12.7. The first-order valence-corrected chi connectivity index (χ1v) is 9.47. The third-order valence-corrected chi connectivity index (χ3v) is 4.73. The zero-order chi connectivity index (χ0) is 18.9. The van der Waals surface area contributed by atoms with E-state index in [1.54, 1.807) is 0 Å². The molecule has 0 heterocycles. The zero-order valence-electron chi connectivity index (χ0n) is 16.5. The molecule has 2 aromatic rings. The van der Waals surface area contributed by atoms with Crippen LogP contribution in [0.5, 0.6) is 5.75 Å². The Hall–Kier alpha value is -2.13. The second-order valence-corrected chi connectivity index (χ2v) is 7.17. The Balaban J connectivity index is 1.81. The second-order valence-electron chi connectivity index (χ2n) is 7.17. The molecule has 0 fully saturated rings. The third kappa shape index (κ3) is 5.99. The summed E-state index contributed by atoms with van der Waals surface area (Å²) in [4.78, 5) is 14.9. The lowest BCUT2D eigenvalue weighted by Crippen LogP contribution is -2.12. The van der Waals surface area contributed by atoms with E-state index in [1.807, 2.05) is 56.3 Å². The quantitative estimate of drug-likeness (QED) is 0.443. The van der Waals surface area contributed by atoms with Gasteiger partial charge in [0, 0.05) is 11.1 Å². The van der Waals surface area contributed by atoms with E-state index in [0.29, 0.717) is 5.56 Å². The molecule has 0 aromatic heterocycles. The fourth-order valence-electron chi connectivity index (χ4n) is 2.93. The molecule has 2 aromatic carbocycles. The minimum absolute atomic E-state index is 0.0682. The molecular weight excluding hydrogens is 322 g/mol. The van der Waals surface area contributed by atoms with Crippen molar-refractivity contribution >= 4 is 5.78 Å². The summed E-state index contributed by atoms with van der Waals surface area (Å²) in [5.41, 5.74) is 3.67. The number of carbonyl (C=O) groups is 1. The minimum Gasteiger partial charge on any atom is -0.494 e. The van der Waals surface area contributed by atoms with Crippen LogP contribution in [0.1, 0.15) is 52.7 Å². The fraction of sp³-hybridized carbons (Fsp3) is 0.435. The first-order chi connectivity index (χ1) is 12.5. The molecule has 2 rings (SSSR count). The van der Waals surface area contributed by atoms with E-state index in [4.69, 9.17) is 4.74 Å². The molecule has 0 radical (unpaired) electrons. The van der Waals surface area contributed by atoms with E-state index in [9.17, 15) is 4.79 Å². The maximum Gasteiger partial charge on any atom is 0.193 e. The highest BCUT2D eigenvalue weighted by atomic mass is 16.5. The highest BCUT2D eigenvalue weighted by Crippen LogP contribution is 2.19. The first-order valence-electron chi connectivity index (χ1n) is 9.47. The van der Waals surface area contributed by atoms with Gasteiger partial charge >= 0.3 is 0 Å². The van der Waals surface area contributed by atoms with Crippen LogP contribution in [0, 0.1) is 13.8 Å². The van der Waals surface area contributed by atoms with Gasteiger partial charge in [0.05, 0.1) is 6.61 Å². The van der Waals surface area contributed by atoms with Crippen molar-refractivity contribution in [2.24, 2.45) is 0 Å². The summed E-state index contributed by atoms with van der Waals surface area (Å²) < 4.78 is 5.80. The number of ketones is 1. The molecule has 0 N–H and O–H groups in total. The molecular formula is C23H31NO2. The summed E-state index contributed by atoms with van der Waals surface area (Å²) in [7, 11) is 4.22. The van der Waals surface area contributed by atoms with E-state index < -0.39 is 0 Å². The van der Waals surface area contributed by atoms with Crippen LogP contribution in [0.3, 0.4) is 0 Å². The molecule has 0 atom stereocenters. The van der Waals surface area contributed by atoms with Crippen molar-refractivity contribution in [1.29, 1.82) is 0 Å². The van der Waals surface area contributed by atoms with E-state index >= 15 is 0 Å². The number of aryl methyl sites for hydroxylation is 1. The Labute approximate surface area is 158 Å². The fourth-order valence-corrected chi connectivity index (χ4v) is 2.93. The van der Waals surface area contributed by atoms with Gasteiger partial charge in [-0.1, -0.05) is 31.0 Å². The van der Waals surface area contributed by atoms with E-state index in [1.165, 1.54) is 19.3 Å². The van der Waals surface area contributed by atoms with Crippen molar-refractivity contribution in [1.82, 2.24) is 4.90 Å². The molecule has 26 heavy (non-hydrogen) atoms. The van der Waals surface area contributed by atoms with E-state index in [-0.39, 0.29) is 5.78 Å².